The average Bonchev–Trinajstić information content (AvgIpc) is 1.62. The molecule has 5 aromatic rings. The van der Waals surface area contributed by atoms with Crippen LogP contribution in [0.2, 0.25) is 5.02 Å². The number of phenols is 4. The van der Waals surface area contributed by atoms with E-state index in [1.165, 1.54) is 86.1 Å². The molecule has 0 saturated heterocycles. The number of aromatic hydroxyl groups is 4. The first-order valence-corrected chi connectivity index (χ1v) is 34.3. The number of aliphatic hydroxyl groups is 2. The summed E-state index contributed by atoms with van der Waals surface area (Å²) in [6, 6.07) is 1.46. The Hall–Kier alpha value is -9.74. The number of halogens is 1. The van der Waals surface area contributed by atoms with E-state index in [0.717, 1.165) is 43.9 Å². The van der Waals surface area contributed by atoms with Gasteiger partial charge in [0.2, 0.25) is 58.9 Å². The standard InChI is InChI=1S/C72H86ClN11O17/c1-30(2)17-45(75-5)72(99)84(7)46(18-31(3)4)66(93)82-60-62(89)35-13-16-49(43(73)24-35)101-51-26-38-25-50(64(51)91)100-39-14-11-34(12-15-39)61(88)59-71(98)81-58(67(94)76-6)41-27-48(86)42(29-77-55-36-20-32-19-33(22-36)23-37(55)21-32)63(90)54(41)53-40(9-8-10-47(53)85)57(69(96)83-59)80-68(95)56(38)79-65(92)44(28-52(74)87)78-70(60)97/h8-16,24-27,30-33,36-37,44-46,55-62,75,77,85-86,88-91H,17-23,28-29H2,1-7H3,(H2,74,87)(H,76,94)(H,78,97)(H,79,92)(H,80,95)(H,81,98)(H,82,93)(H,83,96). The minimum Gasteiger partial charge on any atom is -0.507 e. The molecule has 13 bridgehead atoms. The van der Waals surface area contributed by atoms with E-state index in [4.69, 9.17) is 26.8 Å². The van der Waals surface area contributed by atoms with Crippen molar-refractivity contribution >= 4 is 64.8 Å². The molecule has 9 amide bonds. The molecule has 5 heterocycles. The summed E-state index contributed by atoms with van der Waals surface area (Å²) in [7, 11) is 4.28. The van der Waals surface area contributed by atoms with Gasteiger partial charge in [0, 0.05) is 37.8 Å². The van der Waals surface area contributed by atoms with Crippen molar-refractivity contribution in [1.82, 2.24) is 52.8 Å². The molecular formula is C72H86ClN11O17. The number of hydrogen-bond acceptors (Lipinski definition) is 19. The summed E-state index contributed by atoms with van der Waals surface area (Å²) in [5, 5.41) is 98.4. The molecule has 5 aliphatic heterocycles. The second-order valence-electron chi connectivity index (χ2n) is 28.2. The number of nitrogens with zero attached hydrogens (tertiary/aromatic N) is 1. The lowest BCUT2D eigenvalue weighted by Crippen LogP contribution is -2.60. The van der Waals surface area contributed by atoms with Crippen molar-refractivity contribution < 1.29 is 83.3 Å². The van der Waals surface area contributed by atoms with E-state index in [0.29, 0.717) is 30.1 Å². The van der Waals surface area contributed by atoms with Crippen molar-refractivity contribution in [3.05, 3.63) is 117 Å². The molecule has 0 spiro atoms. The maximum atomic E-state index is 16.1. The fourth-order valence-corrected chi connectivity index (χ4v) is 15.8. The Morgan fingerprint density at radius 3 is 1.90 bits per heavy atom. The zero-order valence-corrected chi connectivity index (χ0v) is 57.5. The van der Waals surface area contributed by atoms with Crippen LogP contribution in [0.3, 0.4) is 0 Å². The van der Waals surface area contributed by atoms with Crippen LogP contribution in [-0.4, -0.2) is 146 Å². The van der Waals surface area contributed by atoms with Gasteiger partial charge in [-0.2, -0.15) is 0 Å². The quantitative estimate of drug-likeness (QED) is 0.0698. The minimum atomic E-state index is -2.21. The normalized spacial score (nSPS) is 26.0. The van der Waals surface area contributed by atoms with Crippen LogP contribution in [0.1, 0.15) is 143 Å². The van der Waals surface area contributed by atoms with E-state index < -0.39 is 166 Å². The number of amides is 9. The van der Waals surface area contributed by atoms with E-state index >= 15 is 24.0 Å². The third kappa shape index (κ3) is 15.0. The van der Waals surface area contributed by atoms with Gasteiger partial charge in [0.25, 0.3) is 0 Å². The Morgan fingerprint density at radius 1 is 0.644 bits per heavy atom. The maximum Gasteiger partial charge on any atom is 0.248 e. The average molecular weight is 1410 g/mol. The number of nitrogens with two attached hydrogens (primary N) is 1. The zero-order valence-electron chi connectivity index (χ0n) is 56.8. The number of nitrogens with one attached hydrogen (secondary N) is 9. The number of hydrogen-bond donors (Lipinski definition) is 16. The molecule has 17 N–H and O–H groups in total. The summed E-state index contributed by atoms with van der Waals surface area (Å²) in [5.41, 5.74) is 3.72. The first-order chi connectivity index (χ1) is 48.0. The Balaban J connectivity index is 1.06. The second kappa shape index (κ2) is 29.8. The smallest absolute Gasteiger partial charge is 0.248 e. The van der Waals surface area contributed by atoms with Crippen molar-refractivity contribution in [3.63, 3.8) is 0 Å². The molecule has 4 aliphatic carbocycles. The molecule has 28 nitrogen and oxygen atoms in total. The van der Waals surface area contributed by atoms with Crippen LogP contribution in [0, 0.1) is 35.5 Å². The van der Waals surface area contributed by atoms with Crippen molar-refractivity contribution in [2.75, 3.05) is 21.1 Å². The number of rotatable bonds is 15. The number of ether oxygens (including phenoxy) is 2. The van der Waals surface area contributed by atoms with Crippen molar-refractivity contribution in [2.24, 2.45) is 41.2 Å². The SMILES string of the molecule is CNC(=O)C1NC(=O)C2NC(=O)C(NC(=O)C3NC(=O)C(CC(N)=O)NC(=O)C(NC(=O)C(CC(C)C)N(C)C(=O)C(CC(C)C)NC)C(O)c4ccc(c(Cl)c4)Oc4cc3cc(c4O)Oc3ccc(cc3)C2O)c2cccc(O)c2-c2c1cc(O)c(CNC1C3CC4CC(C3)CC1C4)c2O. The molecule has 14 rings (SSSR count). The van der Waals surface area contributed by atoms with E-state index in [-0.39, 0.29) is 80.7 Å². The highest BCUT2D eigenvalue weighted by molar-refractivity contribution is 6.32. The highest BCUT2D eigenvalue weighted by atomic mass is 35.5. The summed E-state index contributed by atoms with van der Waals surface area (Å²) in [4.78, 5) is 135. The zero-order chi connectivity index (χ0) is 72.7. The van der Waals surface area contributed by atoms with Gasteiger partial charge < -0.3 is 98.6 Å². The Morgan fingerprint density at radius 2 is 1.28 bits per heavy atom. The number of carbonyl (C=O) groups is 9. The largest absolute Gasteiger partial charge is 0.507 e. The molecule has 10 unspecified atom stereocenters. The van der Waals surface area contributed by atoms with Crippen LogP contribution >= 0.6 is 11.6 Å². The highest BCUT2D eigenvalue weighted by Crippen LogP contribution is 2.55. The first kappa shape index (κ1) is 72.5. The summed E-state index contributed by atoms with van der Waals surface area (Å²) in [6.45, 7) is 7.32. The van der Waals surface area contributed by atoms with Crippen LogP contribution < -0.4 is 63.1 Å². The van der Waals surface area contributed by atoms with Crippen molar-refractivity contribution in [2.45, 2.75) is 152 Å². The van der Waals surface area contributed by atoms with Gasteiger partial charge in [0.05, 0.1) is 23.0 Å². The summed E-state index contributed by atoms with van der Waals surface area (Å²) < 4.78 is 12.6. The summed E-state index contributed by atoms with van der Waals surface area (Å²) in [6.07, 6.45) is 0.617. The summed E-state index contributed by atoms with van der Waals surface area (Å²) >= 11 is 6.94. The molecule has 4 fully saturated rings. The van der Waals surface area contributed by atoms with E-state index in [1.54, 1.807) is 20.9 Å². The van der Waals surface area contributed by atoms with E-state index in [2.05, 4.69) is 47.9 Å². The topological polar surface area (TPSA) is 431 Å². The monoisotopic (exact) mass is 1410 g/mol. The number of phenolic OH excluding ortho intramolecular Hbond substituents is 4. The van der Waals surface area contributed by atoms with Crippen LogP contribution in [0.25, 0.3) is 11.1 Å². The number of primary amides is 1. The van der Waals surface area contributed by atoms with Crippen LogP contribution in [-0.2, 0) is 49.7 Å². The van der Waals surface area contributed by atoms with Gasteiger partial charge in [-0.15, -0.1) is 0 Å². The molecule has 101 heavy (non-hydrogen) atoms. The minimum absolute atomic E-state index is 0.00700. The summed E-state index contributed by atoms with van der Waals surface area (Å²) in [5.74, 6) is -12.3. The van der Waals surface area contributed by atoms with Gasteiger partial charge in [-0.25, -0.2) is 0 Å². The van der Waals surface area contributed by atoms with E-state index in [9.17, 15) is 49.8 Å². The maximum absolute atomic E-state index is 16.1. The molecule has 29 heteroatoms. The van der Waals surface area contributed by atoms with Gasteiger partial charge in [0.15, 0.2) is 11.5 Å². The predicted molar refractivity (Wildman–Crippen MR) is 365 cm³/mol. The van der Waals surface area contributed by atoms with Gasteiger partial charge in [-0.1, -0.05) is 69.6 Å². The Labute approximate surface area is 587 Å². The Kier molecular flexibility index (Phi) is 21.4. The van der Waals surface area contributed by atoms with E-state index in [1.807, 2.05) is 13.8 Å². The number of likely N-dealkylation sites (N-methyl/N-ethyl adjacent to an activating group) is 3. The lowest BCUT2D eigenvalue weighted by molar-refractivity contribution is -0.143. The second-order valence-corrected chi connectivity index (χ2v) is 28.6. The molecule has 10 atom stereocenters. The third-order valence-corrected chi connectivity index (χ3v) is 20.6. The predicted octanol–water partition coefficient (Wildman–Crippen LogP) is 4.19. The lowest BCUT2D eigenvalue weighted by Gasteiger charge is -2.54. The van der Waals surface area contributed by atoms with Gasteiger partial charge in [0.1, 0.15) is 83.2 Å². The fraction of sp³-hybridized carbons (Fsp3) is 0.458. The number of carbonyl (C=O) groups excluding carboxylic acids is 9. The third-order valence-electron chi connectivity index (χ3n) is 20.4. The van der Waals surface area contributed by atoms with Gasteiger partial charge >= 0.3 is 0 Å². The highest BCUT2D eigenvalue weighted by Gasteiger charge is 2.49. The molecule has 0 radical (unpaired) electrons. The van der Waals surface area contributed by atoms with Crippen molar-refractivity contribution in [3.8, 4) is 57.1 Å². The molecule has 4 saturated carbocycles. The molecule has 5 aromatic carbocycles. The molecular weight excluding hydrogens is 1330 g/mol. The molecule has 0 aromatic heterocycles. The number of aliphatic hydroxyl groups excluding tert-OH is 2. The number of benzene rings is 5. The van der Waals surface area contributed by atoms with Gasteiger partial charge in [-0.3, -0.25) is 43.2 Å². The Bertz CT molecular complexity index is 4070. The van der Waals surface area contributed by atoms with Gasteiger partial charge in [-0.05, 0) is 164 Å². The van der Waals surface area contributed by atoms with Crippen molar-refractivity contribution in [1.29, 1.82) is 0 Å². The fourth-order valence-electron chi connectivity index (χ4n) is 15.5. The first-order valence-electron chi connectivity index (χ1n) is 33.9. The lowest BCUT2D eigenvalue weighted by atomic mass is 9.54. The molecule has 9 aliphatic rings. The van der Waals surface area contributed by atoms with Crippen LogP contribution in [0.15, 0.2) is 78.9 Å². The van der Waals surface area contributed by atoms with Crippen LogP contribution in [0.5, 0.6) is 46.0 Å². The van der Waals surface area contributed by atoms with Crippen LogP contribution in [0.4, 0.5) is 0 Å². The molecule has 538 valence electrons. The number of fused-ring (bicyclic) bond motifs is 14.